The molecule has 0 spiro atoms. The molecule has 0 amide bonds. The molecule has 8 nitrogen and oxygen atoms in total. The summed E-state index contributed by atoms with van der Waals surface area (Å²) >= 11 is 0. The van der Waals surface area contributed by atoms with Gasteiger partial charge in [0.25, 0.3) is 0 Å². The van der Waals surface area contributed by atoms with Gasteiger partial charge < -0.3 is 16.2 Å². The Balaban J connectivity index is 1.56. The van der Waals surface area contributed by atoms with Gasteiger partial charge in [-0.25, -0.2) is 13.6 Å². The van der Waals surface area contributed by atoms with E-state index >= 15 is 0 Å². The molecule has 0 radical (unpaired) electrons. The zero-order valence-electron chi connectivity index (χ0n) is 23.1. The van der Waals surface area contributed by atoms with Crippen LogP contribution < -0.4 is 11.1 Å². The maximum atomic E-state index is 14.0. The maximum absolute atomic E-state index is 14.0. The van der Waals surface area contributed by atoms with Crippen molar-refractivity contribution in [1.29, 1.82) is 0 Å². The monoisotopic (exact) mass is 560 g/mol. The van der Waals surface area contributed by atoms with Crippen LogP contribution in [0.4, 0.5) is 8.78 Å². The van der Waals surface area contributed by atoms with E-state index in [0.29, 0.717) is 35.6 Å². The number of carboxylic acid groups (broad SMARTS) is 1. The normalized spacial score (nSPS) is 14.0. The number of nitrogens with two attached hydrogens (primary N) is 1. The fourth-order valence-electron chi connectivity index (χ4n) is 5.52. The fourth-order valence-corrected chi connectivity index (χ4v) is 5.52. The van der Waals surface area contributed by atoms with Crippen molar-refractivity contribution in [1.82, 2.24) is 24.5 Å². The summed E-state index contributed by atoms with van der Waals surface area (Å²) in [6.45, 7) is 4.76. The quantitative estimate of drug-likeness (QED) is 0.204. The Labute approximate surface area is 236 Å². The van der Waals surface area contributed by atoms with Crippen LogP contribution in [0.5, 0.6) is 0 Å². The van der Waals surface area contributed by atoms with Crippen LogP contribution in [0.25, 0.3) is 16.8 Å². The molecule has 3 atom stereocenters. The SMILES string of the molecule is CCc1cccc(CNCC(C(N)Cc2cc(F)cc(F)c2)[C@@H](C(=O)O)n2c3ccccc3n3nc(CC)nc23)c1. The van der Waals surface area contributed by atoms with Gasteiger partial charge in [0.2, 0.25) is 5.78 Å². The zero-order chi connectivity index (χ0) is 29.1. The number of carbonyl (C=O) groups is 1. The minimum Gasteiger partial charge on any atom is -0.480 e. The van der Waals surface area contributed by atoms with E-state index in [2.05, 4.69) is 34.5 Å². The van der Waals surface area contributed by atoms with E-state index < -0.39 is 35.6 Å². The fraction of sp³-hybridized carbons (Fsp3) is 0.323. The molecule has 0 fully saturated rings. The van der Waals surface area contributed by atoms with Gasteiger partial charge in [0.15, 0.2) is 5.82 Å². The van der Waals surface area contributed by atoms with E-state index in [1.165, 1.54) is 17.7 Å². The summed E-state index contributed by atoms with van der Waals surface area (Å²) in [4.78, 5) is 17.8. The van der Waals surface area contributed by atoms with Gasteiger partial charge in [-0.05, 0) is 53.8 Å². The summed E-state index contributed by atoms with van der Waals surface area (Å²) in [6, 6.07) is 16.9. The number of nitrogens with zero attached hydrogens (tertiary/aromatic N) is 4. The molecule has 2 unspecified atom stereocenters. The summed E-state index contributed by atoms with van der Waals surface area (Å²) in [7, 11) is 0. The molecule has 0 aliphatic rings. The smallest absolute Gasteiger partial charge is 0.327 e. The third-order valence-corrected chi connectivity index (χ3v) is 7.52. The van der Waals surface area contributed by atoms with Crippen molar-refractivity contribution in [2.24, 2.45) is 11.7 Å². The van der Waals surface area contributed by atoms with Gasteiger partial charge in [-0.1, -0.05) is 50.2 Å². The number of benzene rings is 3. The Morgan fingerprint density at radius 2 is 1.66 bits per heavy atom. The molecule has 5 rings (SSSR count). The number of rotatable bonds is 12. The predicted octanol–water partition coefficient (Wildman–Crippen LogP) is 4.69. The number of aryl methyl sites for hydroxylation is 2. The van der Waals surface area contributed by atoms with Crippen LogP contribution in [0.15, 0.2) is 66.7 Å². The molecule has 0 aliphatic heterocycles. The molecule has 4 N–H and O–H groups in total. The van der Waals surface area contributed by atoms with Gasteiger partial charge in [-0.2, -0.15) is 9.50 Å². The van der Waals surface area contributed by atoms with Crippen molar-refractivity contribution in [2.75, 3.05) is 6.54 Å². The Morgan fingerprint density at radius 1 is 0.951 bits per heavy atom. The third kappa shape index (κ3) is 5.98. The third-order valence-electron chi connectivity index (χ3n) is 7.52. The lowest BCUT2D eigenvalue weighted by Gasteiger charge is -2.31. The minimum absolute atomic E-state index is 0.0819. The zero-order valence-corrected chi connectivity index (χ0v) is 23.1. The van der Waals surface area contributed by atoms with Crippen molar-refractivity contribution in [2.45, 2.75) is 51.7 Å². The van der Waals surface area contributed by atoms with Gasteiger partial charge in [-0.15, -0.1) is 5.10 Å². The highest BCUT2D eigenvalue weighted by Gasteiger charge is 2.37. The molecule has 0 saturated heterocycles. The van der Waals surface area contributed by atoms with Crippen molar-refractivity contribution in [3.8, 4) is 0 Å². The molecular formula is C31H34F2N6O2. The largest absolute Gasteiger partial charge is 0.480 e. The molecule has 0 aliphatic carbocycles. The number of carboxylic acids is 1. The number of imidazole rings is 1. The van der Waals surface area contributed by atoms with Crippen LogP contribution in [-0.2, 0) is 30.6 Å². The summed E-state index contributed by atoms with van der Waals surface area (Å²) < 4.78 is 31.4. The van der Waals surface area contributed by atoms with E-state index in [0.717, 1.165) is 23.6 Å². The van der Waals surface area contributed by atoms with Crippen molar-refractivity contribution in [3.05, 3.63) is 101 Å². The molecule has 0 saturated carbocycles. The highest BCUT2D eigenvalue weighted by molar-refractivity contribution is 5.84. The predicted molar refractivity (Wildman–Crippen MR) is 154 cm³/mol. The first-order valence-electron chi connectivity index (χ1n) is 13.9. The van der Waals surface area contributed by atoms with Crippen LogP contribution in [0.2, 0.25) is 0 Å². The lowest BCUT2D eigenvalue weighted by Crippen LogP contribution is -2.46. The maximum Gasteiger partial charge on any atom is 0.327 e. The van der Waals surface area contributed by atoms with Crippen LogP contribution >= 0.6 is 0 Å². The van der Waals surface area contributed by atoms with Crippen LogP contribution in [0.3, 0.4) is 0 Å². The highest BCUT2D eigenvalue weighted by atomic mass is 19.1. The van der Waals surface area contributed by atoms with E-state index in [1.54, 1.807) is 9.08 Å². The standard InChI is InChI=1S/C31H34F2N6O2/c1-3-19-8-7-9-20(12-19)17-35-18-24(25(34)15-21-13-22(32)16-23(33)14-21)29(30(40)41)38-26-10-5-6-11-27(26)39-31(38)36-28(4-2)37-39/h5-14,16,24-25,29,35H,3-4,15,17-18,34H2,1-2H3,(H,40,41)/t24?,25?,29-/m0/s1. The molecule has 10 heteroatoms. The number of aliphatic carboxylic acids is 1. The second kappa shape index (κ2) is 12.2. The summed E-state index contributed by atoms with van der Waals surface area (Å²) in [5, 5.41) is 18.7. The van der Waals surface area contributed by atoms with Crippen molar-refractivity contribution < 1.29 is 18.7 Å². The second-order valence-electron chi connectivity index (χ2n) is 10.3. The summed E-state index contributed by atoms with van der Waals surface area (Å²) in [6.07, 6.45) is 1.57. The molecule has 5 aromatic rings. The highest BCUT2D eigenvalue weighted by Crippen LogP contribution is 2.31. The van der Waals surface area contributed by atoms with Gasteiger partial charge in [0.1, 0.15) is 17.7 Å². The number of aromatic nitrogens is 4. The van der Waals surface area contributed by atoms with E-state index in [9.17, 15) is 18.7 Å². The van der Waals surface area contributed by atoms with E-state index in [-0.39, 0.29) is 13.0 Å². The Bertz CT molecular complexity index is 1660. The lowest BCUT2D eigenvalue weighted by molar-refractivity contribution is -0.142. The first-order valence-corrected chi connectivity index (χ1v) is 13.9. The number of para-hydroxylation sites is 2. The number of halogens is 2. The number of nitrogens with one attached hydrogen (secondary N) is 1. The van der Waals surface area contributed by atoms with Gasteiger partial charge in [-0.3, -0.25) is 4.57 Å². The first-order chi connectivity index (χ1) is 19.8. The first kappa shape index (κ1) is 28.4. The Kier molecular flexibility index (Phi) is 8.41. The Hall–Kier alpha value is -4.15. The molecular weight excluding hydrogens is 526 g/mol. The molecule has 0 bridgehead atoms. The molecule has 41 heavy (non-hydrogen) atoms. The number of hydrogen-bond donors (Lipinski definition) is 3. The van der Waals surface area contributed by atoms with Crippen LogP contribution in [0.1, 0.15) is 42.4 Å². The molecule has 214 valence electrons. The van der Waals surface area contributed by atoms with Gasteiger partial charge in [0, 0.05) is 37.5 Å². The molecule has 2 aromatic heterocycles. The average Bonchev–Trinajstić information content (AvgIpc) is 3.49. The Morgan fingerprint density at radius 3 is 2.34 bits per heavy atom. The topological polar surface area (TPSA) is 110 Å². The van der Waals surface area contributed by atoms with Gasteiger partial charge >= 0.3 is 5.97 Å². The summed E-state index contributed by atoms with van der Waals surface area (Å²) in [5.41, 5.74) is 10.7. The lowest BCUT2D eigenvalue weighted by atomic mass is 9.87. The van der Waals surface area contributed by atoms with Crippen LogP contribution in [0, 0.1) is 17.6 Å². The summed E-state index contributed by atoms with van der Waals surface area (Å²) in [5.74, 6) is -2.19. The number of fused-ring (bicyclic) bond motifs is 3. The number of hydrogen-bond acceptors (Lipinski definition) is 5. The molecule has 2 heterocycles. The van der Waals surface area contributed by atoms with Crippen molar-refractivity contribution >= 4 is 22.8 Å². The minimum atomic E-state index is -1.14. The average molecular weight is 561 g/mol. The molecule has 3 aromatic carbocycles. The second-order valence-corrected chi connectivity index (χ2v) is 10.3. The van der Waals surface area contributed by atoms with Gasteiger partial charge in [0.05, 0.1) is 11.0 Å². The van der Waals surface area contributed by atoms with Crippen LogP contribution in [-0.4, -0.2) is 42.8 Å². The van der Waals surface area contributed by atoms with E-state index in [1.807, 2.05) is 43.3 Å². The van der Waals surface area contributed by atoms with E-state index in [4.69, 9.17) is 5.73 Å². The van der Waals surface area contributed by atoms with Crippen molar-refractivity contribution in [3.63, 3.8) is 0 Å².